The topological polar surface area (TPSA) is 234 Å². The SMILES string of the molecule is C[C@@H](O)[C@H](N)C(=O)N[C@H](C(=O)N[C@@H](CO)C(=O)N[C@H](C=O)CCC(N)=O)[C@@H](C)O. The van der Waals surface area contributed by atoms with E-state index in [1.807, 2.05) is 0 Å². The lowest BCUT2D eigenvalue weighted by Crippen LogP contribution is -2.61. The van der Waals surface area contributed by atoms with Gasteiger partial charge in [0.15, 0.2) is 0 Å². The van der Waals surface area contributed by atoms with E-state index >= 15 is 0 Å². The molecule has 0 saturated heterocycles. The molecule has 0 aromatic rings. The molecule has 166 valence electrons. The number of amides is 4. The predicted octanol–water partition coefficient (Wildman–Crippen LogP) is -5.01. The van der Waals surface area contributed by atoms with Crippen molar-refractivity contribution in [3.8, 4) is 0 Å². The quantitative estimate of drug-likeness (QED) is 0.133. The van der Waals surface area contributed by atoms with E-state index in [1.54, 1.807) is 0 Å². The van der Waals surface area contributed by atoms with Crippen LogP contribution in [0.5, 0.6) is 0 Å². The lowest BCUT2D eigenvalue weighted by atomic mass is 10.1. The molecule has 0 aliphatic rings. The highest BCUT2D eigenvalue weighted by Crippen LogP contribution is 1.99. The van der Waals surface area contributed by atoms with Gasteiger partial charge in [0.25, 0.3) is 0 Å². The zero-order chi connectivity index (χ0) is 22.7. The Labute approximate surface area is 167 Å². The van der Waals surface area contributed by atoms with Gasteiger partial charge >= 0.3 is 0 Å². The lowest BCUT2D eigenvalue weighted by molar-refractivity contribution is -0.136. The summed E-state index contributed by atoms with van der Waals surface area (Å²) in [5, 5.41) is 35.0. The van der Waals surface area contributed by atoms with Gasteiger partial charge in [-0.25, -0.2) is 0 Å². The summed E-state index contributed by atoms with van der Waals surface area (Å²) in [6.07, 6.45) is -2.49. The summed E-state index contributed by atoms with van der Waals surface area (Å²) in [6.45, 7) is 1.60. The molecule has 0 radical (unpaired) electrons. The number of rotatable bonds is 13. The fraction of sp³-hybridized carbons (Fsp3) is 0.688. The maximum Gasteiger partial charge on any atom is 0.245 e. The molecule has 0 rings (SSSR count). The van der Waals surface area contributed by atoms with Crippen LogP contribution in [-0.2, 0) is 24.0 Å². The molecule has 4 amide bonds. The van der Waals surface area contributed by atoms with Crippen molar-refractivity contribution < 1.29 is 39.3 Å². The van der Waals surface area contributed by atoms with Crippen LogP contribution in [0.25, 0.3) is 0 Å². The largest absolute Gasteiger partial charge is 0.394 e. The van der Waals surface area contributed by atoms with Crippen molar-refractivity contribution >= 4 is 29.9 Å². The molecule has 13 heteroatoms. The molecule has 0 spiro atoms. The number of nitrogens with two attached hydrogens (primary N) is 2. The summed E-state index contributed by atoms with van der Waals surface area (Å²) >= 11 is 0. The van der Waals surface area contributed by atoms with E-state index in [1.165, 1.54) is 13.8 Å². The summed E-state index contributed by atoms with van der Waals surface area (Å²) in [6, 6.07) is -5.48. The van der Waals surface area contributed by atoms with E-state index in [0.717, 1.165) is 0 Å². The van der Waals surface area contributed by atoms with E-state index in [4.69, 9.17) is 11.5 Å². The maximum atomic E-state index is 12.3. The molecule has 29 heavy (non-hydrogen) atoms. The number of carbonyl (C=O) groups excluding carboxylic acids is 5. The van der Waals surface area contributed by atoms with Crippen LogP contribution in [0, 0.1) is 0 Å². The van der Waals surface area contributed by atoms with Gasteiger partial charge in [-0.15, -0.1) is 0 Å². The number of aldehydes is 1. The van der Waals surface area contributed by atoms with Crippen molar-refractivity contribution in [2.24, 2.45) is 11.5 Å². The average Bonchev–Trinajstić information content (AvgIpc) is 2.65. The number of nitrogens with one attached hydrogen (secondary N) is 3. The third-order valence-electron chi connectivity index (χ3n) is 3.89. The first-order chi connectivity index (χ1) is 13.4. The van der Waals surface area contributed by atoms with Crippen LogP contribution in [0.3, 0.4) is 0 Å². The molecule has 0 aromatic carbocycles. The predicted molar refractivity (Wildman–Crippen MR) is 98.7 cm³/mol. The van der Waals surface area contributed by atoms with Crippen molar-refractivity contribution in [3.63, 3.8) is 0 Å². The number of hydrogen-bond donors (Lipinski definition) is 8. The molecule has 10 N–H and O–H groups in total. The highest BCUT2D eigenvalue weighted by atomic mass is 16.3. The summed E-state index contributed by atoms with van der Waals surface area (Å²) < 4.78 is 0. The minimum absolute atomic E-state index is 0.0692. The first kappa shape index (κ1) is 26.4. The van der Waals surface area contributed by atoms with Crippen molar-refractivity contribution in [2.45, 2.75) is 63.1 Å². The number of carbonyl (C=O) groups is 5. The smallest absolute Gasteiger partial charge is 0.245 e. The Morgan fingerprint density at radius 2 is 1.55 bits per heavy atom. The Bertz CT molecular complexity index is 598. The van der Waals surface area contributed by atoms with Crippen LogP contribution in [0.4, 0.5) is 0 Å². The Hall–Kier alpha value is -2.61. The number of aliphatic hydroxyl groups excluding tert-OH is 3. The number of primary amides is 1. The normalized spacial score (nSPS) is 17.0. The molecule has 0 aliphatic heterocycles. The third kappa shape index (κ3) is 9.43. The minimum atomic E-state index is -1.54. The monoisotopic (exact) mass is 419 g/mol. The number of aliphatic hydroxyl groups is 3. The standard InChI is InChI=1S/C16H29N5O8/c1-7(24)12(18)15(28)21-13(8(2)25)16(29)20-10(6-23)14(27)19-9(5-22)3-4-11(17)26/h5,7-10,12-13,23-25H,3-4,6,18H2,1-2H3,(H2,17,26)(H,19,27)(H,20,29)(H,21,28)/t7-,8-,9+,10+,12+,13+/m1/s1. The van der Waals surface area contributed by atoms with Crippen LogP contribution in [-0.4, -0.2) is 88.2 Å². The summed E-state index contributed by atoms with van der Waals surface area (Å²) in [5.41, 5.74) is 10.4. The van der Waals surface area contributed by atoms with Gasteiger partial charge in [0, 0.05) is 6.42 Å². The van der Waals surface area contributed by atoms with E-state index in [0.29, 0.717) is 6.29 Å². The van der Waals surface area contributed by atoms with Crippen LogP contribution >= 0.6 is 0 Å². The zero-order valence-corrected chi connectivity index (χ0v) is 16.2. The molecule has 0 fully saturated rings. The fourth-order valence-electron chi connectivity index (χ4n) is 2.08. The van der Waals surface area contributed by atoms with Crippen LogP contribution < -0.4 is 27.4 Å². The van der Waals surface area contributed by atoms with Crippen LogP contribution in [0.15, 0.2) is 0 Å². The Kier molecular flexibility index (Phi) is 11.6. The first-order valence-electron chi connectivity index (χ1n) is 8.81. The van der Waals surface area contributed by atoms with Crippen molar-refractivity contribution in [1.29, 1.82) is 0 Å². The molecule has 0 saturated carbocycles. The highest BCUT2D eigenvalue weighted by Gasteiger charge is 2.32. The lowest BCUT2D eigenvalue weighted by Gasteiger charge is -2.26. The van der Waals surface area contributed by atoms with Gasteiger partial charge in [0.05, 0.1) is 24.9 Å². The van der Waals surface area contributed by atoms with Gasteiger partial charge in [-0.1, -0.05) is 0 Å². The molecular weight excluding hydrogens is 390 g/mol. The van der Waals surface area contributed by atoms with Gasteiger partial charge in [0.2, 0.25) is 23.6 Å². The molecule has 0 heterocycles. The first-order valence-corrected chi connectivity index (χ1v) is 8.81. The molecule has 0 unspecified atom stereocenters. The third-order valence-corrected chi connectivity index (χ3v) is 3.89. The van der Waals surface area contributed by atoms with Gasteiger partial charge in [-0.3, -0.25) is 19.2 Å². The Morgan fingerprint density at radius 3 is 1.97 bits per heavy atom. The fourth-order valence-corrected chi connectivity index (χ4v) is 2.08. The molecule has 0 bridgehead atoms. The van der Waals surface area contributed by atoms with E-state index in [9.17, 15) is 39.3 Å². The van der Waals surface area contributed by atoms with Gasteiger partial charge < -0.3 is 47.5 Å². The van der Waals surface area contributed by atoms with Crippen molar-refractivity contribution in [2.75, 3.05) is 6.61 Å². The van der Waals surface area contributed by atoms with E-state index in [-0.39, 0.29) is 12.8 Å². The second-order valence-electron chi connectivity index (χ2n) is 6.49. The summed E-state index contributed by atoms with van der Waals surface area (Å²) in [5.74, 6) is -3.54. The summed E-state index contributed by atoms with van der Waals surface area (Å²) in [7, 11) is 0. The molecule has 0 aliphatic carbocycles. The summed E-state index contributed by atoms with van der Waals surface area (Å²) in [4.78, 5) is 58.2. The highest BCUT2D eigenvalue weighted by molar-refractivity contribution is 5.94. The van der Waals surface area contributed by atoms with Gasteiger partial charge in [0.1, 0.15) is 24.4 Å². The zero-order valence-electron chi connectivity index (χ0n) is 16.2. The molecule has 6 atom stereocenters. The van der Waals surface area contributed by atoms with Crippen LogP contribution in [0.1, 0.15) is 26.7 Å². The van der Waals surface area contributed by atoms with E-state index in [2.05, 4.69) is 16.0 Å². The van der Waals surface area contributed by atoms with Gasteiger partial charge in [-0.05, 0) is 20.3 Å². The molecule has 0 aromatic heterocycles. The van der Waals surface area contributed by atoms with Gasteiger partial charge in [-0.2, -0.15) is 0 Å². The molecule has 13 nitrogen and oxygen atoms in total. The van der Waals surface area contributed by atoms with Crippen molar-refractivity contribution in [1.82, 2.24) is 16.0 Å². The Morgan fingerprint density at radius 1 is 0.966 bits per heavy atom. The Balaban J connectivity index is 5.06. The van der Waals surface area contributed by atoms with Crippen LogP contribution in [0.2, 0.25) is 0 Å². The second kappa shape index (κ2) is 12.8. The maximum absolute atomic E-state index is 12.3. The van der Waals surface area contributed by atoms with E-state index < -0.39 is 66.6 Å². The minimum Gasteiger partial charge on any atom is -0.394 e. The van der Waals surface area contributed by atoms with Crippen molar-refractivity contribution in [3.05, 3.63) is 0 Å². The number of hydrogen-bond acceptors (Lipinski definition) is 9. The molecular formula is C16H29N5O8. The second-order valence-corrected chi connectivity index (χ2v) is 6.49. The average molecular weight is 419 g/mol.